The Balaban J connectivity index is 0.000000143. The smallest absolute Gasteiger partial charge is 0.251 e. The van der Waals surface area contributed by atoms with Crippen molar-refractivity contribution in [3.63, 3.8) is 0 Å². The molecule has 2 amide bonds. The van der Waals surface area contributed by atoms with Gasteiger partial charge in [0.05, 0.1) is 16.6 Å². The number of anilines is 2. The van der Waals surface area contributed by atoms with Gasteiger partial charge in [-0.3, -0.25) is 9.59 Å². The van der Waals surface area contributed by atoms with Crippen LogP contribution >= 0.6 is 0 Å². The Kier molecular flexibility index (Phi) is 8.62. The minimum absolute atomic E-state index is 0.157. The highest BCUT2D eigenvalue weighted by atomic mass is 19.1. The van der Waals surface area contributed by atoms with E-state index in [2.05, 4.69) is 71.9 Å². The van der Waals surface area contributed by atoms with Crippen molar-refractivity contribution >= 4 is 34.2 Å². The van der Waals surface area contributed by atoms with Crippen LogP contribution in [0.1, 0.15) is 87.1 Å². The fourth-order valence-corrected chi connectivity index (χ4v) is 8.44. The van der Waals surface area contributed by atoms with Crippen molar-refractivity contribution < 1.29 is 18.4 Å². The Labute approximate surface area is 339 Å². The fraction of sp³-hybridized carbons (Fsp3) is 0.234. The highest BCUT2D eigenvalue weighted by Gasteiger charge is 2.53. The van der Waals surface area contributed by atoms with Crippen molar-refractivity contribution in [2.75, 3.05) is 4.90 Å². The number of carbonyl (C=O) groups excluding carboxylic acids is 2. The number of aromatic nitrogens is 5. The number of hydrogen-bond acceptors (Lipinski definition) is 7. The van der Waals surface area contributed by atoms with Gasteiger partial charge in [0.2, 0.25) is 0 Å². The maximum absolute atomic E-state index is 13.2. The number of nitrogens with one attached hydrogen (secondary N) is 2. The average Bonchev–Trinajstić information content (AvgIpc) is 4.20. The second-order valence-corrected chi connectivity index (χ2v) is 16.0. The molecule has 4 heterocycles. The van der Waals surface area contributed by atoms with Crippen LogP contribution in [-0.4, -0.2) is 42.4 Å². The zero-order valence-corrected chi connectivity index (χ0v) is 32.5. The minimum atomic E-state index is -0.354. The van der Waals surface area contributed by atoms with Crippen LogP contribution in [0.4, 0.5) is 20.3 Å². The lowest BCUT2D eigenvalue weighted by Gasteiger charge is -2.23. The molecule has 59 heavy (non-hydrogen) atoms. The van der Waals surface area contributed by atoms with Crippen molar-refractivity contribution in [1.29, 1.82) is 0 Å². The van der Waals surface area contributed by atoms with Crippen LogP contribution in [0.3, 0.4) is 0 Å². The number of halogens is 2. The summed E-state index contributed by atoms with van der Waals surface area (Å²) in [7, 11) is 0. The molecule has 0 radical (unpaired) electrons. The van der Waals surface area contributed by atoms with Crippen molar-refractivity contribution in [3.8, 4) is 5.82 Å². The Morgan fingerprint density at radius 1 is 0.661 bits per heavy atom. The van der Waals surface area contributed by atoms with Crippen molar-refractivity contribution in [3.05, 3.63) is 173 Å². The predicted molar refractivity (Wildman–Crippen MR) is 220 cm³/mol. The summed E-state index contributed by atoms with van der Waals surface area (Å²) in [6, 6.07) is 30.5. The molecule has 0 bridgehead atoms. The van der Waals surface area contributed by atoms with Gasteiger partial charge in [0.1, 0.15) is 34.9 Å². The summed E-state index contributed by atoms with van der Waals surface area (Å²) in [5.74, 6) is 2.77. The molecule has 3 aromatic heterocycles. The molecule has 2 N–H and O–H groups in total. The predicted octanol–water partition coefficient (Wildman–Crippen LogP) is 8.64. The number of amides is 2. The van der Waals surface area contributed by atoms with Crippen LogP contribution in [0, 0.1) is 25.5 Å². The monoisotopic (exact) mass is 786 g/mol. The number of nitrogens with zero attached hydrogens (tertiary/aromatic N) is 6. The standard InChI is InChI=1S/C24H21FN4O.C23H19FN4O/c1-14-26-11-8-22(27-14)29-20-7-4-16(12-18(20)19-13-21(19)29)24(9-10-24)28-23(30)15-2-5-17(25)6-3-15;1-15-25-12-8-21(26-15)28-13-9-17-14-18(4-7-20(17)28)23(10-11-23)27-22(29)16-2-5-19(24)6-3-16/h2-8,11-12,19,21H,9-10,13H2,1H3,(H,28,30);2-9,12-14H,10-11H2,1H3,(H,27,29). The summed E-state index contributed by atoms with van der Waals surface area (Å²) in [4.78, 5) is 45.1. The van der Waals surface area contributed by atoms with Gasteiger partial charge in [-0.2, -0.15) is 0 Å². The largest absolute Gasteiger partial charge is 0.343 e. The summed E-state index contributed by atoms with van der Waals surface area (Å²) in [6.45, 7) is 3.78. The normalized spacial score (nSPS) is 18.5. The van der Waals surface area contributed by atoms with Crippen LogP contribution in [-0.2, 0) is 11.1 Å². The lowest BCUT2D eigenvalue weighted by molar-refractivity contribution is 0.0922. The van der Waals surface area contributed by atoms with Gasteiger partial charge in [0.25, 0.3) is 11.8 Å². The number of rotatable bonds is 8. The van der Waals surface area contributed by atoms with Gasteiger partial charge in [0.15, 0.2) is 0 Å². The number of hydrogen-bond donors (Lipinski definition) is 2. The molecular weight excluding hydrogens is 747 g/mol. The zero-order chi connectivity index (χ0) is 40.5. The van der Waals surface area contributed by atoms with Crippen LogP contribution < -0.4 is 15.5 Å². The van der Waals surface area contributed by atoms with Gasteiger partial charge in [-0.25, -0.2) is 28.7 Å². The molecule has 11 rings (SSSR count). The van der Waals surface area contributed by atoms with Crippen molar-refractivity contribution in [1.82, 2.24) is 35.1 Å². The number of fused-ring (bicyclic) bond motifs is 4. The molecule has 4 aromatic carbocycles. The molecule has 10 nitrogen and oxygen atoms in total. The van der Waals surface area contributed by atoms with E-state index < -0.39 is 0 Å². The van der Waals surface area contributed by atoms with E-state index in [-0.39, 0.29) is 34.5 Å². The number of benzene rings is 4. The Morgan fingerprint density at radius 3 is 1.78 bits per heavy atom. The Bertz CT molecular complexity index is 2780. The zero-order valence-electron chi connectivity index (χ0n) is 32.5. The molecule has 3 saturated carbocycles. The van der Waals surface area contributed by atoms with Gasteiger partial charge in [-0.1, -0.05) is 18.2 Å². The summed E-state index contributed by atoms with van der Waals surface area (Å²) in [5.41, 5.74) is 6.11. The first-order valence-corrected chi connectivity index (χ1v) is 19.9. The first-order valence-electron chi connectivity index (χ1n) is 19.9. The summed E-state index contributed by atoms with van der Waals surface area (Å²) < 4.78 is 28.3. The number of carbonyl (C=O) groups is 2. The van der Waals surface area contributed by atoms with Crippen molar-refractivity contribution in [2.24, 2.45) is 0 Å². The van der Waals surface area contributed by atoms with Crippen LogP contribution in [0.25, 0.3) is 16.7 Å². The summed E-state index contributed by atoms with van der Waals surface area (Å²) in [6.07, 6.45) is 10.3. The fourth-order valence-electron chi connectivity index (χ4n) is 8.44. The van der Waals surface area contributed by atoms with E-state index in [1.54, 1.807) is 6.20 Å². The highest BCUT2D eigenvalue weighted by Crippen LogP contribution is 2.59. The highest BCUT2D eigenvalue weighted by molar-refractivity contribution is 5.96. The quantitative estimate of drug-likeness (QED) is 0.158. The topological polar surface area (TPSA) is 118 Å². The second kappa shape index (κ2) is 13.9. The van der Waals surface area contributed by atoms with E-state index in [0.717, 1.165) is 77.4 Å². The maximum Gasteiger partial charge on any atom is 0.251 e. The van der Waals surface area contributed by atoms with E-state index in [1.165, 1.54) is 59.8 Å². The third-order valence-electron chi connectivity index (χ3n) is 12.0. The van der Waals surface area contributed by atoms with Gasteiger partial charge in [-0.15, -0.1) is 0 Å². The Morgan fingerprint density at radius 2 is 1.20 bits per heavy atom. The van der Waals surface area contributed by atoms with Gasteiger partial charge in [-0.05, 0) is 148 Å². The van der Waals surface area contributed by atoms with E-state index in [1.807, 2.05) is 49.0 Å². The van der Waals surface area contributed by atoms with Crippen LogP contribution in [0.15, 0.2) is 122 Å². The lowest BCUT2D eigenvalue weighted by atomic mass is 9.98. The first-order chi connectivity index (χ1) is 28.6. The molecule has 7 aromatic rings. The Hall–Kier alpha value is -6.82. The third-order valence-corrected chi connectivity index (χ3v) is 12.0. The lowest BCUT2D eigenvalue weighted by Crippen LogP contribution is -2.34. The molecule has 0 spiro atoms. The van der Waals surface area contributed by atoms with E-state index in [9.17, 15) is 18.4 Å². The molecular formula is C47H40F2N8O2. The number of aryl methyl sites for hydroxylation is 2. The van der Waals surface area contributed by atoms with Gasteiger partial charge < -0.3 is 20.1 Å². The first kappa shape index (κ1) is 36.5. The molecule has 4 aliphatic rings. The molecule has 2 unspecified atom stereocenters. The molecule has 2 atom stereocenters. The van der Waals surface area contributed by atoms with Crippen LogP contribution in [0.2, 0.25) is 0 Å². The van der Waals surface area contributed by atoms with Gasteiger partial charge >= 0.3 is 0 Å². The third kappa shape index (κ3) is 6.88. The molecule has 0 saturated heterocycles. The summed E-state index contributed by atoms with van der Waals surface area (Å²) in [5, 5.41) is 7.42. The van der Waals surface area contributed by atoms with Gasteiger partial charge in [0, 0.05) is 52.8 Å². The summed E-state index contributed by atoms with van der Waals surface area (Å²) >= 11 is 0. The van der Waals surface area contributed by atoms with E-state index >= 15 is 0 Å². The average molecular weight is 787 g/mol. The molecule has 3 aliphatic carbocycles. The molecule has 3 fully saturated rings. The SMILES string of the molecule is Cc1nccc(-n2ccc3cc(C4(NC(=O)c5ccc(F)cc5)CC4)ccc32)n1.Cc1nccc(N2c3ccc(C4(NC(=O)c5ccc(F)cc5)CC4)cc3C3CC32)n1. The minimum Gasteiger partial charge on any atom is -0.343 e. The van der Waals surface area contributed by atoms with E-state index in [0.29, 0.717) is 23.1 Å². The second-order valence-electron chi connectivity index (χ2n) is 16.0. The molecule has 294 valence electrons. The van der Waals surface area contributed by atoms with E-state index in [4.69, 9.17) is 0 Å². The van der Waals surface area contributed by atoms with Crippen LogP contribution in [0.5, 0.6) is 0 Å². The molecule has 12 heteroatoms. The van der Waals surface area contributed by atoms with Crippen molar-refractivity contribution in [2.45, 2.75) is 69.0 Å². The maximum atomic E-state index is 13.2. The molecule has 1 aliphatic heterocycles.